The maximum absolute atomic E-state index is 2.45. The highest BCUT2D eigenvalue weighted by atomic mass is 15.0. The van der Waals surface area contributed by atoms with Gasteiger partial charge in [0.2, 0.25) is 0 Å². The summed E-state index contributed by atoms with van der Waals surface area (Å²) < 4.78 is 4.85. The molecule has 2 nitrogen and oxygen atoms in total. The largest absolute Gasteiger partial charge is 0.309 e. The van der Waals surface area contributed by atoms with Gasteiger partial charge in [0.05, 0.1) is 22.1 Å². The van der Waals surface area contributed by atoms with E-state index in [1.807, 2.05) is 0 Å². The van der Waals surface area contributed by atoms with E-state index in [1.165, 1.54) is 88.1 Å². The Balaban J connectivity index is 1.13. The van der Waals surface area contributed by atoms with E-state index in [0.717, 1.165) is 11.4 Å². The fraction of sp³-hybridized carbons (Fsp3) is 0. The molecule has 0 spiro atoms. The van der Waals surface area contributed by atoms with Crippen molar-refractivity contribution in [3.63, 3.8) is 0 Å². The predicted octanol–water partition coefficient (Wildman–Crippen LogP) is 14.5. The minimum Gasteiger partial charge on any atom is -0.309 e. The Labute approximate surface area is 325 Å². The number of rotatable bonds is 6. The average Bonchev–Trinajstić information content (AvgIpc) is 3.81. The topological polar surface area (TPSA) is 9.86 Å². The molecule has 0 aliphatic carbocycles. The molecule has 0 atom stereocenters. The van der Waals surface area contributed by atoms with Crippen LogP contribution in [0, 0.1) is 0 Å². The van der Waals surface area contributed by atoms with Crippen LogP contribution in [0.25, 0.3) is 99.5 Å². The van der Waals surface area contributed by atoms with E-state index in [4.69, 9.17) is 0 Å². The first-order valence-corrected chi connectivity index (χ1v) is 19.3. The molecule has 0 bridgehead atoms. The molecule has 0 amide bonds. The Hall–Kier alpha value is -7.42. The summed E-state index contributed by atoms with van der Waals surface area (Å²) in [6, 6.07) is 79.4. The molecule has 262 valence electrons. The molecule has 0 saturated heterocycles. The van der Waals surface area contributed by atoms with Gasteiger partial charge in [-0.15, -0.1) is 0 Å². The standard InChI is InChI=1S/C54H36N2/c1-4-17-37(18-5-1)40-33-41(38-19-6-2-7-20-38)35-42(34-40)39-21-14-24-44(36-39)56-50-30-13-11-26-48(50)54-46(28-16-32-52(54)56)45-27-15-31-51-53(45)47-25-10-12-29-49(47)55(51)43-22-8-3-9-23-43/h1-36H. The van der Waals surface area contributed by atoms with Gasteiger partial charge < -0.3 is 9.13 Å². The Kier molecular flexibility index (Phi) is 7.53. The van der Waals surface area contributed by atoms with Crippen molar-refractivity contribution in [1.29, 1.82) is 0 Å². The molecule has 11 rings (SSSR count). The van der Waals surface area contributed by atoms with Crippen LogP contribution in [0.2, 0.25) is 0 Å². The van der Waals surface area contributed by atoms with E-state index in [2.05, 4.69) is 228 Å². The van der Waals surface area contributed by atoms with Crippen LogP contribution in [0.1, 0.15) is 0 Å². The van der Waals surface area contributed by atoms with Crippen molar-refractivity contribution in [1.82, 2.24) is 9.13 Å². The molecule has 56 heavy (non-hydrogen) atoms. The second-order valence-electron chi connectivity index (χ2n) is 14.5. The predicted molar refractivity (Wildman–Crippen MR) is 237 cm³/mol. The third-order valence-corrected chi connectivity index (χ3v) is 11.3. The van der Waals surface area contributed by atoms with Crippen molar-refractivity contribution in [2.75, 3.05) is 0 Å². The minimum atomic E-state index is 1.14. The summed E-state index contributed by atoms with van der Waals surface area (Å²) >= 11 is 0. The van der Waals surface area contributed by atoms with Crippen LogP contribution in [0.15, 0.2) is 218 Å². The molecule has 2 heteroatoms. The summed E-state index contributed by atoms with van der Waals surface area (Å²) in [5.74, 6) is 0. The quantitative estimate of drug-likeness (QED) is 0.162. The fourth-order valence-electron chi connectivity index (χ4n) is 8.83. The van der Waals surface area contributed by atoms with Gasteiger partial charge in [0.15, 0.2) is 0 Å². The summed E-state index contributed by atoms with van der Waals surface area (Å²) in [6.45, 7) is 0. The van der Waals surface area contributed by atoms with E-state index < -0.39 is 0 Å². The Bertz CT molecular complexity index is 3170. The van der Waals surface area contributed by atoms with E-state index in [-0.39, 0.29) is 0 Å². The first kappa shape index (κ1) is 32.0. The van der Waals surface area contributed by atoms with Gasteiger partial charge in [0.1, 0.15) is 0 Å². The van der Waals surface area contributed by atoms with Gasteiger partial charge in [-0.1, -0.05) is 152 Å². The van der Waals surface area contributed by atoms with Gasteiger partial charge in [-0.2, -0.15) is 0 Å². The summed E-state index contributed by atoms with van der Waals surface area (Å²) in [5, 5.41) is 5.02. The number of para-hydroxylation sites is 3. The van der Waals surface area contributed by atoms with Gasteiger partial charge in [-0.25, -0.2) is 0 Å². The average molecular weight is 713 g/mol. The number of aromatic nitrogens is 2. The van der Waals surface area contributed by atoms with E-state index in [1.54, 1.807) is 0 Å². The third kappa shape index (κ3) is 5.19. The molecular weight excluding hydrogens is 677 g/mol. The maximum atomic E-state index is 2.45. The monoisotopic (exact) mass is 712 g/mol. The van der Waals surface area contributed by atoms with Crippen LogP contribution in [0.4, 0.5) is 0 Å². The molecule has 11 aromatic rings. The van der Waals surface area contributed by atoms with Gasteiger partial charge in [0, 0.05) is 32.9 Å². The van der Waals surface area contributed by atoms with Crippen LogP contribution in [-0.2, 0) is 0 Å². The van der Waals surface area contributed by atoms with Crippen molar-refractivity contribution in [2.24, 2.45) is 0 Å². The summed E-state index contributed by atoms with van der Waals surface area (Å²) in [5.41, 5.74) is 16.8. The molecule has 0 radical (unpaired) electrons. The molecule has 0 fully saturated rings. The molecule has 2 heterocycles. The zero-order valence-electron chi connectivity index (χ0n) is 30.7. The second-order valence-corrected chi connectivity index (χ2v) is 14.5. The minimum absolute atomic E-state index is 1.14. The molecule has 0 N–H and O–H groups in total. The summed E-state index contributed by atoms with van der Waals surface area (Å²) in [7, 11) is 0. The maximum Gasteiger partial charge on any atom is 0.0547 e. The molecule has 9 aromatic carbocycles. The molecule has 0 unspecified atom stereocenters. The lowest BCUT2D eigenvalue weighted by Gasteiger charge is -2.14. The Morgan fingerprint density at radius 2 is 0.607 bits per heavy atom. The lowest BCUT2D eigenvalue weighted by molar-refractivity contribution is 1.18. The number of hydrogen-bond donors (Lipinski definition) is 0. The summed E-state index contributed by atoms with van der Waals surface area (Å²) in [4.78, 5) is 0. The molecule has 0 saturated carbocycles. The highest BCUT2D eigenvalue weighted by Gasteiger charge is 2.21. The van der Waals surface area contributed by atoms with E-state index in [9.17, 15) is 0 Å². The van der Waals surface area contributed by atoms with Crippen LogP contribution < -0.4 is 0 Å². The first-order valence-electron chi connectivity index (χ1n) is 19.3. The van der Waals surface area contributed by atoms with Crippen LogP contribution in [0.5, 0.6) is 0 Å². The lowest BCUT2D eigenvalue weighted by atomic mass is 9.93. The third-order valence-electron chi connectivity index (χ3n) is 11.3. The Morgan fingerprint density at radius 1 is 0.232 bits per heavy atom. The second kappa shape index (κ2) is 13.2. The van der Waals surface area contributed by atoms with Gasteiger partial charge in [-0.3, -0.25) is 0 Å². The molecule has 0 aliphatic rings. The summed E-state index contributed by atoms with van der Waals surface area (Å²) in [6.07, 6.45) is 0. The Morgan fingerprint density at radius 3 is 1.14 bits per heavy atom. The van der Waals surface area contributed by atoms with Gasteiger partial charge in [-0.05, 0) is 111 Å². The van der Waals surface area contributed by atoms with Crippen molar-refractivity contribution < 1.29 is 0 Å². The highest BCUT2D eigenvalue weighted by Crippen LogP contribution is 2.44. The molecule has 0 aliphatic heterocycles. The molecule has 2 aromatic heterocycles. The normalized spacial score (nSPS) is 11.6. The van der Waals surface area contributed by atoms with Crippen molar-refractivity contribution in [2.45, 2.75) is 0 Å². The van der Waals surface area contributed by atoms with Gasteiger partial charge >= 0.3 is 0 Å². The first-order chi connectivity index (χ1) is 27.8. The van der Waals surface area contributed by atoms with Crippen molar-refractivity contribution in [3.05, 3.63) is 218 Å². The smallest absolute Gasteiger partial charge is 0.0547 e. The van der Waals surface area contributed by atoms with Crippen molar-refractivity contribution >= 4 is 43.6 Å². The van der Waals surface area contributed by atoms with Crippen molar-refractivity contribution in [3.8, 4) is 55.9 Å². The zero-order valence-corrected chi connectivity index (χ0v) is 30.7. The number of benzene rings is 9. The highest BCUT2D eigenvalue weighted by molar-refractivity contribution is 6.22. The van der Waals surface area contributed by atoms with Crippen LogP contribution in [-0.4, -0.2) is 9.13 Å². The fourth-order valence-corrected chi connectivity index (χ4v) is 8.83. The number of fused-ring (bicyclic) bond motifs is 6. The van der Waals surface area contributed by atoms with E-state index in [0.29, 0.717) is 0 Å². The SMILES string of the molecule is c1ccc(-c2cc(-c3ccccc3)cc(-c3cccc(-n4c5ccccc5c5c(-c6cccc7c6c6ccccc6n7-c6ccccc6)cccc54)c3)c2)cc1. The molecular formula is C54H36N2. The lowest BCUT2D eigenvalue weighted by Crippen LogP contribution is -1.95. The van der Waals surface area contributed by atoms with Gasteiger partial charge in [0.25, 0.3) is 0 Å². The number of nitrogens with zero attached hydrogens (tertiary/aromatic N) is 2. The van der Waals surface area contributed by atoms with Crippen LogP contribution in [0.3, 0.4) is 0 Å². The number of hydrogen-bond acceptors (Lipinski definition) is 0. The van der Waals surface area contributed by atoms with Crippen LogP contribution >= 0.6 is 0 Å². The van der Waals surface area contributed by atoms with E-state index >= 15 is 0 Å². The zero-order chi connectivity index (χ0) is 37.0.